The maximum absolute atomic E-state index is 13.1. The van der Waals surface area contributed by atoms with Gasteiger partial charge >= 0.3 is 12.1 Å². The van der Waals surface area contributed by atoms with E-state index in [1.807, 2.05) is 0 Å². The van der Waals surface area contributed by atoms with Gasteiger partial charge in [-0.25, -0.2) is 4.79 Å². The van der Waals surface area contributed by atoms with Crippen molar-refractivity contribution in [3.8, 4) is 11.8 Å². The molecule has 0 aliphatic rings. The number of amides is 1. The van der Waals surface area contributed by atoms with Crippen LogP contribution in [0.2, 0.25) is 0 Å². The first-order valence-corrected chi connectivity index (χ1v) is 7.97. The number of likely N-dealkylation sites (N-methyl/N-ethyl adjacent to an activating group) is 1. The predicted molar refractivity (Wildman–Crippen MR) is 89.9 cm³/mol. The van der Waals surface area contributed by atoms with Gasteiger partial charge in [-0.15, -0.1) is 0 Å². The second-order valence-corrected chi connectivity index (χ2v) is 7.14. The number of benzene rings is 1. The Morgan fingerprint density at radius 2 is 1.81 bits per heavy atom. The molecule has 0 bridgehead atoms. The highest BCUT2D eigenvalue weighted by molar-refractivity contribution is 5.86. The Labute approximate surface area is 155 Å². The van der Waals surface area contributed by atoms with Crippen LogP contribution in [-0.2, 0) is 15.8 Å². The van der Waals surface area contributed by atoms with Crippen LogP contribution in [0.15, 0.2) is 18.2 Å². The lowest BCUT2D eigenvalue weighted by Crippen LogP contribution is -2.51. The van der Waals surface area contributed by atoms with Crippen LogP contribution in [0.1, 0.15) is 38.8 Å². The van der Waals surface area contributed by atoms with Crippen molar-refractivity contribution in [1.29, 1.82) is 5.26 Å². The molecule has 2 atom stereocenters. The second-order valence-electron chi connectivity index (χ2n) is 7.14. The van der Waals surface area contributed by atoms with Gasteiger partial charge in [0.1, 0.15) is 11.8 Å². The molecule has 0 aliphatic carbocycles. The SMILES string of the molecule is CC(C(=O)O)N(C)C(=O)C(Oc1ccc(C#N)c(C(F)(F)F)c1)C(C)(C)C. The quantitative estimate of drug-likeness (QED) is 0.839. The molecule has 6 nitrogen and oxygen atoms in total. The highest BCUT2D eigenvalue weighted by Crippen LogP contribution is 2.35. The molecule has 1 aromatic carbocycles. The van der Waals surface area contributed by atoms with Gasteiger partial charge in [-0.1, -0.05) is 20.8 Å². The van der Waals surface area contributed by atoms with Crippen molar-refractivity contribution < 1.29 is 32.6 Å². The van der Waals surface area contributed by atoms with Gasteiger partial charge in [0.2, 0.25) is 0 Å². The third-order valence-electron chi connectivity index (χ3n) is 3.97. The normalized spacial score (nSPS) is 14.0. The zero-order valence-corrected chi connectivity index (χ0v) is 15.6. The monoisotopic (exact) mass is 386 g/mol. The van der Waals surface area contributed by atoms with E-state index in [4.69, 9.17) is 15.1 Å². The fourth-order valence-electron chi connectivity index (χ4n) is 2.20. The summed E-state index contributed by atoms with van der Waals surface area (Å²) in [4.78, 5) is 24.8. The highest BCUT2D eigenvalue weighted by atomic mass is 19.4. The standard InChI is InChI=1S/C18H21F3N2O4/c1-10(16(25)26)23(5)15(24)14(17(2,3)4)27-12-7-6-11(9-22)13(8-12)18(19,20)21/h6-8,10,14H,1-5H3,(H,25,26). The van der Waals surface area contributed by atoms with E-state index in [0.717, 1.165) is 11.0 Å². The molecule has 1 N–H and O–H groups in total. The van der Waals surface area contributed by atoms with Crippen molar-refractivity contribution >= 4 is 11.9 Å². The summed E-state index contributed by atoms with van der Waals surface area (Å²) in [6, 6.07) is 3.11. The Morgan fingerprint density at radius 3 is 2.22 bits per heavy atom. The molecule has 0 aliphatic heterocycles. The van der Waals surface area contributed by atoms with Gasteiger partial charge in [0.15, 0.2) is 6.10 Å². The highest BCUT2D eigenvalue weighted by Gasteiger charge is 2.39. The lowest BCUT2D eigenvalue weighted by molar-refractivity contribution is -0.154. The maximum atomic E-state index is 13.1. The first-order chi connectivity index (χ1) is 12.2. The number of ether oxygens (including phenoxy) is 1. The third kappa shape index (κ3) is 5.36. The minimum Gasteiger partial charge on any atom is -0.480 e. The van der Waals surface area contributed by atoms with Crippen LogP contribution in [0.25, 0.3) is 0 Å². The van der Waals surface area contributed by atoms with Crippen LogP contribution in [0.4, 0.5) is 13.2 Å². The first kappa shape index (κ1) is 22.3. The summed E-state index contributed by atoms with van der Waals surface area (Å²) in [7, 11) is 1.28. The third-order valence-corrected chi connectivity index (χ3v) is 3.97. The lowest BCUT2D eigenvalue weighted by Gasteiger charge is -2.34. The summed E-state index contributed by atoms with van der Waals surface area (Å²) in [5.41, 5.74) is -2.57. The molecule has 0 radical (unpaired) electrons. The van der Waals surface area contributed by atoms with Crippen LogP contribution in [0.3, 0.4) is 0 Å². The van der Waals surface area contributed by atoms with E-state index >= 15 is 0 Å². The van der Waals surface area contributed by atoms with E-state index in [2.05, 4.69) is 0 Å². The van der Waals surface area contributed by atoms with Crippen molar-refractivity contribution in [2.24, 2.45) is 5.41 Å². The van der Waals surface area contributed by atoms with Crippen LogP contribution in [0.5, 0.6) is 5.75 Å². The fourth-order valence-corrected chi connectivity index (χ4v) is 2.20. The van der Waals surface area contributed by atoms with Crippen molar-refractivity contribution in [1.82, 2.24) is 4.90 Å². The van der Waals surface area contributed by atoms with E-state index in [-0.39, 0.29) is 5.75 Å². The average Bonchev–Trinajstić information content (AvgIpc) is 2.55. The van der Waals surface area contributed by atoms with E-state index in [1.54, 1.807) is 20.8 Å². The number of hydrogen-bond acceptors (Lipinski definition) is 4. The molecular weight excluding hydrogens is 365 g/mol. The van der Waals surface area contributed by atoms with Crippen LogP contribution in [-0.4, -0.2) is 41.1 Å². The van der Waals surface area contributed by atoms with Crippen LogP contribution in [0, 0.1) is 16.7 Å². The number of carbonyl (C=O) groups excluding carboxylic acids is 1. The summed E-state index contributed by atoms with van der Waals surface area (Å²) in [6.45, 7) is 6.24. The number of nitriles is 1. The minimum atomic E-state index is -4.76. The van der Waals surface area contributed by atoms with Gasteiger partial charge < -0.3 is 14.7 Å². The van der Waals surface area contributed by atoms with Crippen molar-refractivity contribution in [2.75, 3.05) is 7.05 Å². The van der Waals surface area contributed by atoms with Gasteiger partial charge in [0.05, 0.1) is 17.2 Å². The van der Waals surface area contributed by atoms with Crippen LogP contribution >= 0.6 is 0 Å². The predicted octanol–water partition coefficient (Wildman–Crippen LogP) is 3.30. The molecule has 0 saturated heterocycles. The molecule has 0 fully saturated rings. The Kier molecular flexibility index (Phi) is 6.49. The topological polar surface area (TPSA) is 90.6 Å². The Bertz CT molecular complexity index is 763. The summed E-state index contributed by atoms with van der Waals surface area (Å²) < 4.78 is 44.9. The van der Waals surface area contributed by atoms with Crippen molar-refractivity contribution in [3.63, 3.8) is 0 Å². The molecular formula is C18H21F3N2O4. The lowest BCUT2D eigenvalue weighted by atomic mass is 9.87. The molecule has 0 spiro atoms. The molecule has 1 amide bonds. The Hall–Kier alpha value is -2.76. The van der Waals surface area contributed by atoms with E-state index in [1.165, 1.54) is 26.1 Å². The Balaban J connectivity index is 3.29. The summed E-state index contributed by atoms with van der Waals surface area (Å²) >= 11 is 0. The zero-order valence-electron chi connectivity index (χ0n) is 15.6. The fraction of sp³-hybridized carbons (Fsp3) is 0.500. The number of carboxylic acid groups (broad SMARTS) is 1. The van der Waals surface area contributed by atoms with Crippen LogP contribution < -0.4 is 4.74 Å². The number of carboxylic acids is 1. The van der Waals surface area contributed by atoms with Gasteiger partial charge in [0.25, 0.3) is 5.91 Å². The molecule has 0 heterocycles. The summed E-state index contributed by atoms with van der Waals surface area (Å²) in [6.07, 6.45) is -6.00. The number of aliphatic carboxylic acids is 1. The molecule has 0 saturated carbocycles. The molecule has 9 heteroatoms. The average molecular weight is 386 g/mol. The number of nitrogens with zero attached hydrogens (tertiary/aromatic N) is 2. The minimum absolute atomic E-state index is 0.244. The molecule has 0 aromatic heterocycles. The zero-order chi connectivity index (χ0) is 21.2. The summed E-state index contributed by atoms with van der Waals surface area (Å²) in [5.74, 6) is -2.16. The number of alkyl halides is 3. The molecule has 1 aromatic rings. The summed E-state index contributed by atoms with van der Waals surface area (Å²) in [5, 5.41) is 17.9. The molecule has 2 unspecified atom stereocenters. The van der Waals surface area contributed by atoms with Crippen molar-refractivity contribution in [3.05, 3.63) is 29.3 Å². The molecule has 27 heavy (non-hydrogen) atoms. The number of halogens is 3. The molecule has 1 rings (SSSR count). The Morgan fingerprint density at radius 1 is 1.26 bits per heavy atom. The maximum Gasteiger partial charge on any atom is 0.417 e. The smallest absolute Gasteiger partial charge is 0.417 e. The number of carbonyl (C=O) groups is 2. The largest absolute Gasteiger partial charge is 0.480 e. The van der Waals surface area contributed by atoms with E-state index < -0.39 is 46.7 Å². The van der Waals surface area contributed by atoms with Gasteiger partial charge in [0, 0.05) is 12.5 Å². The second kappa shape index (κ2) is 7.86. The van der Waals surface area contributed by atoms with E-state index in [9.17, 15) is 22.8 Å². The van der Waals surface area contributed by atoms with Crippen molar-refractivity contribution in [2.45, 2.75) is 46.0 Å². The molecule has 148 valence electrons. The number of rotatable bonds is 5. The number of hydrogen-bond donors (Lipinski definition) is 1. The first-order valence-electron chi connectivity index (χ1n) is 7.97. The van der Waals surface area contributed by atoms with Gasteiger partial charge in [-0.3, -0.25) is 4.79 Å². The van der Waals surface area contributed by atoms with Gasteiger partial charge in [-0.2, -0.15) is 18.4 Å². The van der Waals surface area contributed by atoms with Gasteiger partial charge in [-0.05, 0) is 25.1 Å². The van der Waals surface area contributed by atoms with E-state index in [0.29, 0.717) is 6.07 Å².